The number of esters is 1. The highest BCUT2D eigenvalue weighted by atomic mass is 35.5. The van der Waals surface area contributed by atoms with Crippen LogP contribution in [0.15, 0.2) is 60.7 Å². The van der Waals surface area contributed by atoms with Gasteiger partial charge in [-0.1, -0.05) is 30.7 Å². The van der Waals surface area contributed by atoms with Crippen molar-refractivity contribution in [1.29, 1.82) is 0 Å². The van der Waals surface area contributed by atoms with Crippen LogP contribution in [-0.4, -0.2) is 25.3 Å². The number of rotatable bonds is 13. The second-order valence-electron chi connectivity index (χ2n) is 8.31. The molecule has 5 nitrogen and oxygen atoms in total. The fourth-order valence-electron chi connectivity index (χ4n) is 3.67. The highest BCUT2D eigenvalue weighted by Crippen LogP contribution is 2.35. The minimum absolute atomic E-state index is 0.171. The Bertz CT molecular complexity index is 1150. The van der Waals surface area contributed by atoms with Crippen LogP contribution in [0, 0.1) is 5.82 Å². The Hall–Kier alpha value is -3.25. The molecule has 3 aromatic carbocycles. The van der Waals surface area contributed by atoms with Crippen molar-refractivity contribution in [3.63, 3.8) is 0 Å². The standard InChI is InChI=1S/C29H32ClFO5/c1-4-21-17-25(12-9-22(21)10-14-29(32)33-5-2)34-16-15-20(3)35-27-13-11-23(30)18-28(27)36-26-8-6-7-24(31)19-26/h6-9,11-13,17-20H,4-5,10,14-16H2,1-3H3/t20-/m1/s1. The number of ether oxygens (including phenoxy) is 4. The number of hydrogen-bond donors (Lipinski definition) is 0. The Kier molecular flexibility index (Phi) is 10.4. The summed E-state index contributed by atoms with van der Waals surface area (Å²) in [5.74, 6) is 1.48. The van der Waals surface area contributed by atoms with Crippen molar-refractivity contribution in [2.24, 2.45) is 0 Å². The highest BCUT2D eigenvalue weighted by Gasteiger charge is 2.13. The normalized spacial score (nSPS) is 11.6. The molecule has 0 unspecified atom stereocenters. The van der Waals surface area contributed by atoms with E-state index in [1.807, 2.05) is 32.0 Å². The van der Waals surface area contributed by atoms with E-state index in [4.69, 9.17) is 30.5 Å². The summed E-state index contributed by atoms with van der Waals surface area (Å²) in [5, 5.41) is 0.488. The molecule has 0 heterocycles. The van der Waals surface area contributed by atoms with Gasteiger partial charge in [0.15, 0.2) is 11.5 Å². The molecule has 192 valence electrons. The molecule has 3 aromatic rings. The molecule has 7 heteroatoms. The largest absolute Gasteiger partial charge is 0.493 e. The molecular weight excluding hydrogens is 483 g/mol. The lowest BCUT2D eigenvalue weighted by atomic mass is 10.0. The van der Waals surface area contributed by atoms with Gasteiger partial charge in [-0.15, -0.1) is 0 Å². The van der Waals surface area contributed by atoms with Gasteiger partial charge in [0.1, 0.15) is 17.3 Å². The Balaban J connectivity index is 1.55. The Labute approximate surface area is 217 Å². The fraction of sp³-hybridized carbons (Fsp3) is 0.345. The van der Waals surface area contributed by atoms with Gasteiger partial charge >= 0.3 is 5.97 Å². The highest BCUT2D eigenvalue weighted by molar-refractivity contribution is 6.30. The molecule has 3 rings (SSSR count). The average Bonchev–Trinajstić information content (AvgIpc) is 2.85. The van der Waals surface area contributed by atoms with E-state index in [1.165, 1.54) is 12.1 Å². The molecule has 0 aliphatic heterocycles. The SMILES string of the molecule is CCOC(=O)CCc1ccc(OCC[C@@H](C)Oc2ccc(Cl)cc2Oc2cccc(F)c2)cc1CC. The average molecular weight is 515 g/mol. The van der Waals surface area contributed by atoms with Crippen LogP contribution >= 0.6 is 11.6 Å². The third kappa shape index (κ3) is 8.45. The van der Waals surface area contributed by atoms with Crippen LogP contribution in [0.3, 0.4) is 0 Å². The number of hydrogen-bond acceptors (Lipinski definition) is 5. The molecule has 0 bridgehead atoms. The molecule has 0 spiro atoms. The van der Waals surface area contributed by atoms with Crippen molar-refractivity contribution >= 4 is 17.6 Å². The van der Waals surface area contributed by atoms with E-state index in [2.05, 4.69) is 6.92 Å². The molecule has 0 saturated heterocycles. The van der Waals surface area contributed by atoms with Gasteiger partial charge in [-0.05, 0) is 74.2 Å². The molecule has 0 aliphatic rings. The maximum absolute atomic E-state index is 13.5. The molecule has 36 heavy (non-hydrogen) atoms. The third-order valence-corrected chi connectivity index (χ3v) is 5.75. The lowest BCUT2D eigenvalue weighted by Crippen LogP contribution is -2.16. The topological polar surface area (TPSA) is 54.0 Å². The number of carbonyl (C=O) groups is 1. The molecule has 0 saturated carbocycles. The van der Waals surface area contributed by atoms with Crippen LogP contribution in [0.1, 0.15) is 44.7 Å². The lowest BCUT2D eigenvalue weighted by Gasteiger charge is -2.18. The zero-order valence-corrected chi connectivity index (χ0v) is 21.6. The van der Waals surface area contributed by atoms with E-state index in [-0.39, 0.29) is 17.9 Å². The van der Waals surface area contributed by atoms with Gasteiger partial charge in [0.25, 0.3) is 0 Å². The predicted octanol–water partition coefficient (Wildman–Crippen LogP) is 7.57. The first-order valence-electron chi connectivity index (χ1n) is 12.2. The first kappa shape index (κ1) is 27.3. The van der Waals surface area contributed by atoms with Crippen LogP contribution in [-0.2, 0) is 22.4 Å². The van der Waals surface area contributed by atoms with Crippen LogP contribution in [0.4, 0.5) is 4.39 Å². The van der Waals surface area contributed by atoms with E-state index in [0.29, 0.717) is 54.7 Å². The number of aryl methyl sites for hydroxylation is 2. The zero-order chi connectivity index (χ0) is 25.9. The number of benzene rings is 3. The number of halogens is 2. The van der Waals surface area contributed by atoms with E-state index in [0.717, 1.165) is 23.3 Å². The van der Waals surface area contributed by atoms with Gasteiger partial charge < -0.3 is 18.9 Å². The van der Waals surface area contributed by atoms with E-state index < -0.39 is 0 Å². The van der Waals surface area contributed by atoms with Gasteiger partial charge in [0.2, 0.25) is 0 Å². The van der Waals surface area contributed by atoms with Crippen molar-refractivity contribution in [2.45, 2.75) is 52.6 Å². The van der Waals surface area contributed by atoms with Gasteiger partial charge in [-0.2, -0.15) is 0 Å². The third-order valence-electron chi connectivity index (χ3n) is 5.51. The molecule has 0 aliphatic carbocycles. The molecule has 0 amide bonds. The summed E-state index contributed by atoms with van der Waals surface area (Å²) >= 11 is 6.13. The van der Waals surface area contributed by atoms with Crippen molar-refractivity contribution in [2.75, 3.05) is 13.2 Å². The second-order valence-corrected chi connectivity index (χ2v) is 8.74. The molecule has 0 fully saturated rings. The summed E-state index contributed by atoms with van der Waals surface area (Å²) < 4.78 is 36.4. The van der Waals surface area contributed by atoms with Crippen LogP contribution in [0.25, 0.3) is 0 Å². The summed E-state index contributed by atoms with van der Waals surface area (Å²) in [5.41, 5.74) is 2.28. The quantitative estimate of drug-likeness (QED) is 0.220. The summed E-state index contributed by atoms with van der Waals surface area (Å²) in [6.07, 6.45) is 2.32. The van der Waals surface area contributed by atoms with Crippen LogP contribution < -0.4 is 14.2 Å². The van der Waals surface area contributed by atoms with E-state index >= 15 is 0 Å². The van der Waals surface area contributed by atoms with Gasteiger partial charge in [0, 0.05) is 30.0 Å². The maximum Gasteiger partial charge on any atom is 0.306 e. The Morgan fingerprint density at radius 2 is 1.81 bits per heavy atom. The predicted molar refractivity (Wildman–Crippen MR) is 139 cm³/mol. The molecular formula is C29H32ClFO5. The van der Waals surface area contributed by atoms with Crippen molar-refractivity contribution in [1.82, 2.24) is 0 Å². The molecule has 1 atom stereocenters. The summed E-state index contributed by atoms with van der Waals surface area (Å²) in [4.78, 5) is 11.7. The van der Waals surface area contributed by atoms with Crippen molar-refractivity contribution in [3.8, 4) is 23.0 Å². The monoisotopic (exact) mass is 514 g/mol. The first-order chi connectivity index (χ1) is 17.4. The van der Waals surface area contributed by atoms with Crippen molar-refractivity contribution < 1.29 is 28.1 Å². The zero-order valence-electron chi connectivity index (χ0n) is 20.9. The Morgan fingerprint density at radius 3 is 2.56 bits per heavy atom. The smallest absolute Gasteiger partial charge is 0.306 e. The van der Waals surface area contributed by atoms with E-state index in [9.17, 15) is 9.18 Å². The molecule has 0 N–H and O–H groups in total. The van der Waals surface area contributed by atoms with Crippen molar-refractivity contribution in [3.05, 3.63) is 82.6 Å². The minimum Gasteiger partial charge on any atom is -0.493 e. The summed E-state index contributed by atoms with van der Waals surface area (Å²) in [7, 11) is 0. The molecule has 0 aromatic heterocycles. The van der Waals surface area contributed by atoms with E-state index in [1.54, 1.807) is 30.3 Å². The summed E-state index contributed by atoms with van der Waals surface area (Å²) in [6, 6.07) is 16.9. The summed E-state index contributed by atoms with van der Waals surface area (Å²) in [6.45, 7) is 6.69. The first-order valence-corrected chi connectivity index (χ1v) is 12.6. The maximum atomic E-state index is 13.5. The Morgan fingerprint density at radius 1 is 0.972 bits per heavy atom. The van der Waals surface area contributed by atoms with Gasteiger partial charge in [-0.25, -0.2) is 4.39 Å². The second kappa shape index (κ2) is 13.7. The fourth-order valence-corrected chi connectivity index (χ4v) is 3.83. The van der Waals surface area contributed by atoms with Crippen LogP contribution in [0.5, 0.6) is 23.0 Å². The number of carbonyl (C=O) groups excluding carboxylic acids is 1. The lowest BCUT2D eigenvalue weighted by molar-refractivity contribution is -0.143. The van der Waals surface area contributed by atoms with Gasteiger partial charge in [-0.3, -0.25) is 4.79 Å². The minimum atomic E-state index is -0.388. The van der Waals surface area contributed by atoms with Crippen LogP contribution in [0.2, 0.25) is 5.02 Å². The molecule has 0 radical (unpaired) electrons. The van der Waals surface area contributed by atoms with Gasteiger partial charge in [0.05, 0.1) is 19.3 Å².